The first-order valence-corrected chi connectivity index (χ1v) is 14.2. The first kappa shape index (κ1) is 27.1. The monoisotopic (exact) mass is 556 g/mol. The molecule has 3 aromatic carbocycles. The van der Waals surface area contributed by atoms with Gasteiger partial charge in [0.05, 0.1) is 18.1 Å². The van der Waals surface area contributed by atoms with Crippen molar-refractivity contribution in [2.45, 2.75) is 37.3 Å². The van der Waals surface area contributed by atoms with Gasteiger partial charge >= 0.3 is 0 Å². The molecule has 0 atom stereocenters. The minimum Gasteiger partial charge on any atom is -0.337 e. The Morgan fingerprint density at radius 1 is 0.833 bits per heavy atom. The lowest BCUT2D eigenvalue weighted by Crippen LogP contribution is -2.39. The molecule has 0 saturated heterocycles. The molecular formula is C34H32N6O2. The summed E-state index contributed by atoms with van der Waals surface area (Å²) in [5.41, 5.74) is 2.56. The molecular weight excluding hydrogens is 524 g/mol. The normalized spacial score (nSPS) is 13.5. The van der Waals surface area contributed by atoms with E-state index in [2.05, 4.69) is 51.7 Å². The fourth-order valence-corrected chi connectivity index (χ4v) is 5.96. The van der Waals surface area contributed by atoms with Gasteiger partial charge in [-0.15, -0.1) is 0 Å². The third-order valence-corrected chi connectivity index (χ3v) is 8.07. The molecule has 8 nitrogen and oxygen atoms in total. The number of benzene rings is 3. The summed E-state index contributed by atoms with van der Waals surface area (Å²) >= 11 is 0. The summed E-state index contributed by atoms with van der Waals surface area (Å²) in [5.74, 6) is -0.705. The predicted octanol–water partition coefficient (Wildman–Crippen LogP) is 5.78. The van der Waals surface area contributed by atoms with Crippen molar-refractivity contribution in [1.82, 2.24) is 24.6 Å². The number of aromatic nitrogens is 4. The van der Waals surface area contributed by atoms with Crippen LogP contribution in [0.2, 0.25) is 0 Å². The number of anilines is 1. The van der Waals surface area contributed by atoms with E-state index in [1.807, 2.05) is 66.3 Å². The first-order chi connectivity index (χ1) is 20.6. The van der Waals surface area contributed by atoms with E-state index in [-0.39, 0.29) is 23.3 Å². The lowest BCUT2D eigenvalue weighted by atomic mass is 9.77. The number of carbonyl (C=O) groups is 2. The number of amides is 2. The number of nitrogens with zero attached hydrogens (tertiary/aromatic N) is 5. The van der Waals surface area contributed by atoms with Gasteiger partial charge in [-0.1, -0.05) is 104 Å². The average Bonchev–Trinajstić information content (AvgIpc) is 3.74. The Kier molecular flexibility index (Phi) is 7.60. The highest BCUT2D eigenvalue weighted by Gasteiger charge is 2.41. The van der Waals surface area contributed by atoms with Crippen LogP contribution in [-0.2, 0) is 5.54 Å². The fourth-order valence-electron chi connectivity index (χ4n) is 5.96. The van der Waals surface area contributed by atoms with Crippen LogP contribution in [0.15, 0.2) is 116 Å². The van der Waals surface area contributed by atoms with Crippen molar-refractivity contribution in [3.05, 3.63) is 144 Å². The molecule has 1 N–H and O–H groups in total. The van der Waals surface area contributed by atoms with Gasteiger partial charge in [0.1, 0.15) is 11.2 Å². The van der Waals surface area contributed by atoms with Gasteiger partial charge in [-0.2, -0.15) is 5.10 Å². The van der Waals surface area contributed by atoms with Crippen LogP contribution in [0.5, 0.6) is 0 Å². The molecule has 42 heavy (non-hydrogen) atoms. The molecule has 210 valence electrons. The van der Waals surface area contributed by atoms with Crippen LogP contribution >= 0.6 is 0 Å². The van der Waals surface area contributed by atoms with Crippen LogP contribution in [0.25, 0.3) is 0 Å². The Balaban J connectivity index is 1.58. The molecule has 0 radical (unpaired) electrons. The average molecular weight is 557 g/mol. The van der Waals surface area contributed by atoms with Crippen molar-refractivity contribution in [2.75, 3.05) is 12.4 Å². The Labute approximate surface area is 245 Å². The smallest absolute Gasteiger partial charge is 0.276 e. The topological polar surface area (TPSA) is 93.0 Å². The van der Waals surface area contributed by atoms with E-state index < -0.39 is 11.4 Å². The maximum atomic E-state index is 14.1. The SMILES string of the molecule is CN(C(=O)c1nn(C(c2ccccc2)(c2ccccc2)c2ccccc2)cc1NC(=O)c1cnccn1)C1CCCC1. The first-order valence-electron chi connectivity index (χ1n) is 14.2. The van der Waals surface area contributed by atoms with Gasteiger partial charge in [0.25, 0.3) is 11.8 Å². The van der Waals surface area contributed by atoms with Gasteiger partial charge in [-0.25, -0.2) is 4.98 Å². The summed E-state index contributed by atoms with van der Waals surface area (Å²) in [5, 5.41) is 7.95. The summed E-state index contributed by atoms with van der Waals surface area (Å²) in [6.07, 6.45) is 10.2. The minimum absolute atomic E-state index is 0.133. The highest BCUT2D eigenvalue weighted by molar-refractivity contribution is 6.07. The van der Waals surface area contributed by atoms with Crippen LogP contribution in [-0.4, -0.2) is 49.6 Å². The summed E-state index contributed by atoms with van der Waals surface area (Å²) in [6.45, 7) is 0. The minimum atomic E-state index is -0.944. The number of hydrogen-bond donors (Lipinski definition) is 1. The van der Waals surface area contributed by atoms with E-state index in [1.54, 1.807) is 11.1 Å². The van der Waals surface area contributed by atoms with Gasteiger partial charge in [-0.3, -0.25) is 19.3 Å². The summed E-state index contributed by atoms with van der Waals surface area (Å²) in [6, 6.07) is 30.4. The van der Waals surface area contributed by atoms with E-state index in [4.69, 9.17) is 5.10 Å². The van der Waals surface area contributed by atoms with Gasteiger partial charge in [-0.05, 0) is 29.5 Å². The second-order valence-electron chi connectivity index (χ2n) is 10.5. The lowest BCUT2D eigenvalue weighted by Gasteiger charge is -2.36. The number of rotatable bonds is 8. The van der Waals surface area contributed by atoms with Crippen molar-refractivity contribution in [3.63, 3.8) is 0 Å². The van der Waals surface area contributed by atoms with Gasteiger partial charge in [0.2, 0.25) is 0 Å². The van der Waals surface area contributed by atoms with E-state index in [9.17, 15) is 9.59 Å². The van der Waals surface area contributed by atoms with Crippen molar-refractivity contribution in [3.8, 4) is 0 Å². The Morgan fingerprint density at radius 3 is 1.88 bits per heavy atom. The molecule has 1 aliphatic carbocycles. The van der Waals surface area contributed by atoms with Crippen molar-refractivity contribution in [1.29, 1.82) is 0 Å². The third-order valence-electron chi connectivity index (χ3n) is 8.07. The van der Waals surface area contributed by atoms with E-state index in [0.717, 1.165) is 42.4 Å². The molecule has 1 fully saturated rings. The highest BCUT2D eigenvalue weighted by Crippen LogP contribution is 2.41. The maximum absolute atomic E-state index is 14.1. The Bertz CT molecular complexity index is 1550. The zero-order chi connectivity index (χ0) is 28.9. The molecule has 0 unspecified atom stereocenters. The van der Waals surface area contributed by atoms with Crippen LogP contribution in [0, 0.1) is 0 Å². The second-order valence-corrected chi connectivity index (χ2v) is 10.5. The lowest BCUT2D eigenvalue weighted by molar-refractivity contribution is 0.0728. The maximum Gasteiger partial charge on any atom is 0.276 e. The van der Waals surface area contributed by atoms with Crippen molar-refractivity contribution < 1.29 is 9.59 Å². The second kappa shape index (κ2) is 11.8. The Morgan fingerprint density at radius 2 is 1.38 bits per heavy atom. The van der Waals surface area contributed by atoms with E-state index in [1.165, 1.54) is 18.6 Å². The Hall–Kier alpha value is -5.11. The molecule has 0 aliphatic heterocycles. The summed E-state index contributed by atoms with van der Waals surface area (Å²) in [4.78, 5) is 37.3. The number of nitrogens with one attached hydrogen (secondary N) is 1. The van der Waals surface area contributed by atoms with Gasteiger partial charge in [0, 0.05) is 25.5 Å². The molecule has 5 aromatic rings. The van der Waals surface area contributed by atoms with Gasteiger partial charge in [0.15, 0.2) is 5.69 Å². The third kappa shape index (κ3) is 4.96. The van der Waals surface area contributed by atoms with Crippen LogP contribution < -0.4 is 5.32 Å². The summed E-state index contributed by atoms with van der Waals surface area (Å²) < 4.78 is 1.81. The van der Waals surface area contributed by atoms with Crippen LogP contribution in [0.1, 0.15) is 63.4 Å². The van der Waals surface area contributed by atoms with Crippen molar-refractivity contribution >= 4 is 17.5 Å². The summed E-state index contributed by atoms with van der Waals surface area (Å²) in [7, 11) is 1.82. The zero-order valence-corrected chi connectivity index (χ0v) is 23.4. The fraction of sp³-hybridized carbons (Fsp3) is 0.206. The molecule has 0 spiro atoms. The molecule has 2 amide bonds. The quantitative estimate of drug-likeness (QED) is 0.245. The predicted molar refractivity (Wildman–Crippen MR) is 161 cm³/mol. The zero-order valence-electron chi connectivity index (χ0n) is 23.4. The highest BCUT2D eigenvalue weighted by atomic mass is 16.2. The van der Waals surface area contributed by atoms with Crippen molar-refractivity contribution in [2.24, 2.45) is 0 Å². The molecule has 1 saturated carbocycles. The molecule has 0 bridgehead atoms. The van der Waals surface area contributed by atoms with Crippen LogP contribution in [0.4, 0.5) is 5.69 Å². The molecule has 8 heteroatoms. The number of hydrogen-bond acceptors (Lipinski definition) is 5. The van der Waals surface area contributed by atoms with E-state index in [0.29, 0.717) is 5.69 Å². The largest absolute Gasteiger partial charge is 0.337 e. The molecule has 1 aliphatic rings. The van der Waals surface area contributed by atoms with Gasteiger partial charge < -0.3 is 10.2 Å². The molecule has 6 rings (SSSR count). The molecule has 2 aromatic heterocycles. The molecule has 2 heterocycles. The van der Waals surface area contributed by atoms with E-state index >= 15 is 0 Å². The number of carbonyl (C=O) groups excluding carboxylic acids is 2. The van der Waals surface area contributed by atoms with Crippen LogP contribution in [0.3, 0.4) is 0 Å². The standard InChI is InChI=1S/C34H32N6O2/c1-39(28-19-11-12-20-28)33(42)31-30(37-32(41)29-23-35-21-22-36-29)24-40(38-31)34(25-13-5-2-6-14-25,26-15-7-3-8-16-26)27-17-9-4-10-18-27/h2-10,13-18,21-24,28H,11-12,19-20H2,1H3,(H,37,41).